The van der Waals surface area contributed by atoms with Crippen molar-refractivity contribution in [1.29, 1.82) is 0 Å². The third kappa shape index (κ3) is 6.14. The van der Waals surface area contributed by atoms with E-state index in [0.717, 1.165) is 19.3 Å². The summed E-state index contributed by atoms with van der Waals surface area (Å²) in [6, 6.07) is 11.9. The van der Waals surface area contributed by atoms with Crippen molar-refractivity contribution in [2.75, 3.05) is 20.1 Å². The first kappa shape index (κ1) is 22.6. The van der Waals surface area contributed by atoms with Gasteiger partial charge in [0, 0.05) is 38.6 Å². The van der Waals surface area contributed by atoms with Gasteiger partial charge in [-0.05, 0) is 42.5 Å². The van der Waals surface area contributed by atoms with Gasteiger partial charge in [-0.15, -0.1) is 24.0 Å². The number of hydrogen-bond donors (Lipinski definition) is 3. The van der Waals surface area contributed by atoms with Gasteiger partial charge in [0.25, 0.3) is 0 Å². The summed E-state index contributed by atoms with van der Waals surface area (Å²) in [7, 11) is -1.82. The predicted octanol–water partition coefficient (Wildman–Crippen LogP) is 1.70. The highest BCUT2D eigenvalue weighted by Gasteiger charge is 2.19. The Labute approximate surface area is 183 Å². The molecule has 0 aliphatic heterocycles. The second-order valence-electron chi connectivity index (χ2n) is 6.44. The Morgan fingerprint density at radius 1 is 1.18 bits per heavy atom. The minimum Gasteiger partial charge on any atom is -0.355 e. The summed E-state index contributed by atoms with van der Waals surface area (Å²) in [5, 5.41) is 6.59. The zero-order chi connectivity index (χ0) is 19.1. The summed E-state index contributed by atoms with van der Waals surface area (Å²) in [6.07, 6.45) is 5.93. The molecule has 3 N–H and O–H groups in total. The maximum absolute atomic E-state index is 12.2. The van der Waals surface area contributed by atoms with E-state index in [2.05, 4.69) is 49.6 Å². The molecule has 28 heavy (non-hydrogen) atoms. The van der Waals surface area contributed by atoms with Crippen LogP contribution in [0.5, 0.6) is 0 Å². The molecule has 0 fully saturated rings. The average Bonchev–Trinajstić information content (AvgIpc) is 2.71. The molecule has 1 aliphatic carbocycles. The van der Waals surface area contributed by atoms with Gasteiger partial charge in [-0.1, -0.05) is 24.3 Å². The Balaban J connectivity index is 0.00000280. The highest BCUT2D eigenvalue weighted by atomic mass is 127. The van der Waals surface area contributed by atoms with Crippen molar-refractivity contribution in [3.8, 4) is 0 Å². The number of rotatable bonds is 6. The van der Waals surface area contributed by atoms with E-state index in [1.54, 1.807) is 19.3 Å². The van der Waals surface area contributed by atoms with E-state index in [9.17, 15) is 8.42 Å². The molecule has 1 unspecified atom stereocenters. The highest BCUT2D eigenvalue weighted by molar-refractivity contribution is 14.0. The van der Waals surface area contributed by atoms with Gasteiger partial charge in [-0.3, -0.25) is 9.98 Å². The predicted molar refractivity (Wildman–Crippen MR) is 122 cm³/mol. The Hall–Kier alpha value is -1.72. The SMILES string of the molecule is CN=C(NCCNS(=O)(=O)c1cccnc1)NC1CCc2ccccc2C1.I. The van der Waals surface area contributed by atoms with Crippen LogP contribution in [0.2, 0.25) is 0 Å². The molecule has 1 aromatic heterocycles. The molecule has 0 radical (unpaired) electrons. The van der Waals surface area contributed by atoms with Gasteiger partial charge in [0.1, 0.15) is 4.90 Å². The average molecular weight is 515 g/mol. The van der Waals surface area contributed by atoms with E-state index >= 15 is 0 Å². The van der Waals surface area contributed by atoms with Crippen molar-refractivity contribution in [1.82, 2.24) is 20.3 Å². The van der Waals surface area contributed by atoms with Crippen LogP contribution in [0.3, 0.4) is 0 Å². The van der Waals surface area contributed by atoms with Gasteiger partial charge in [0.15, 0.2) is 5.96 Å². The first-order valence-electron chi connectivity index (χ1n) is 9.02. The van der Waals surface area contributed by atoms with E-state index in [-0.39, 0.29) is 35.4 Å². The fourth-order valence-corrected chi connectivity index (χ4v) is 4.16. The van der Waals surface area contributed by atoms with Crippen LogP contribution >= 0.6 is 24.0 Å². The molecule has 7 nitrogen and oxygen atoms in total. The van der Waals surface area contributed by atoms with Crippen molar-refractivity contribution in [2.45, 2.75) is 30.2 Å². The van der Waals surface area contributed by atoms with Crippen LogP contribution in [0.25, 0.3) is 0 Å². The molecule has 3 rings (SSSR count). The molecule has 1 aromatic carbocycles. The number of aromatic nitrogens is 1. The van der Waals surface area contributed by atoms with Crippen LogP contribution in [0, 0.1) is 0 Å². The molecule has 0 saturated heterocycles. The fraction of sp³-hybridized carbons (Fsp3) is 0.368. The molecule has 1 heterocycles. The molecule has 0 bridgehead atoms. The zero-order valence-corrected chi connectivity index (χ0v) is 18.9. The molecular weight excluding hydrogens is 489 g/mol. The second kappa shape index (κ2) is 10.7. The van der Waals surface area contributed by atoms with Crippen molar-refractivity contribution < 1.29 is 8.42 Å². The van der Waals surface area contributed by atoms with E-state index in [0.29, 0.717) is 18.5 Å². The number of sulfonamides is 1. The number of guanidine groups is 1. The molecular formula is C19H26IN5O2S. The number of halogens is 1. The molecule has 1 aliphatic rings. The smallest absolute Gasteiger partial charge is 0.242 e. The van der Waals surface area contributed by atoms with Crippen LogP contribution in [0.15, 0.2) is 58.7 Å². The molecule has 9 heteroatoms. The van der Waals surface area contributed by atoms with Crippen LogP contribution in [-0.2, 0) is 22.9 Å². The van der Waals surface area contributed by atoms with E-state index in [4.69, 9.17) is 0 Å². The van der Waals surface area contributed by atoms with Gasteiger partial charge in [0.05, 0.1) is 0 Å². The highest BCUT2D eigenvalue weighted by Crippen LogP contribution is 2.20. The van der Waals surface area contributed by atoms with Crippen molar-refractivity contribution in [3.05, 3.63) is 59.9 Å². The summed E-state index contributed by atoms with van der Waals surface area (Å²) in [6.45, 7) is 0.688. The summed E-state index contributed by atoms with van der Waals surface area (Å²) in [4.78, 5) is 8.24. The van der Waals surface area contributed by atoms with Crippen molar-refractivity contribution in [3.63, 3.8) is 0 Å². The minimum atomic E-state index is -3.54. The van der Waals surface area contributed by atoms with Crippen LogP contribution in [-0.4, -0.2) is 45.5 Å². The molecule has 0 saturated carbocycles. The van der Waals surface area contributed by atoms with Gasteiger partial charge in [0.2, 0.25) is 10.0 Å². The van der Waals surface area contributed by atoms with Crippen LogP contribution in [0.1, 0.15) is 17.5 Å². The first-order valence-corrected chi connectivity index (χ1v) is 10.5. The summed E-state index contributed by atoms with van der Waals surface area (Å²) < 4.78 is 26.9. The van der Waals surface area contributed by atoms with Gasteiger partial charge < -0.3 is 10.6 Å². The van der Waals surface area contributed by atoms with Gasteiger partial charge in [-0.25, -0.2) is 13.1 Å². The number of pyridine rings is 1. The Bertz CT molecular complexity index is 890. The number of hydrogen-bond acceptors (Lipinski definition) is 4. The molecule has 1 atom stereocenters. The normalized spacial score (nSPS) is 16.6. The summed E-state index contributed by atoms with van der Waals surface area (Å²) in [5.74, 6) is 0.681. The zero-order valence-electron chi connectivity index (χ0n) is 15.8. The lowest BCUT2D eigenvalue weighted by Gasteiger charge is -2.27. The number of nitrogens with one attached hydrogen (secondary N) is 3. The monoisotopic (exact) mass is 515 g/mol. The van der Waals surface area contributed by atoms with Crippen molar-refractivity contribution in [2.24, 2.45) is 4.99 Å². The molecule has 2 aromatic rings. The molecule has 0 amide bonds. The summed E-state index contributed by atoms with van der Waals surface area (Å²) in [5.41, 5.74) is 2.80. The van der Waals surface area contributed by atoms with Gasteiger partial charge in [-0.2, -0.15) is 0 Å². The number of fused-ring (bicyclic) bond motifs is 1. The lowest BCUT2D eigenvalue weighted by atomic mass is 9.88. The minimum absolute atomic E-state index is 0. The topological polar surface area (TPSA) is 95.5 Å². The Morgan fingerprint density at radius 2 is 1.96 bits per heavy atom. The van der Waals surface area contributed by atoms with E-state index < -0.39 is 10.0 Å². The summed E-state index contributed by atoms with van der Waals surface area (Å²) >= 11 is 0. The third-order valence-corrected chi connectivity index (χ3v) is 6.01. The number of aliphatic imine (C=N–C) groups is 1. The van der Waals surface area contributed by atoms with E-state index in [1.165, 1.54) is 23.4 Å². The quantitative estimate of drug-likeness (QED) is 0.236. The Morgan fingerprint density at radius 3 is 2.68 bits per heavy atom. The maximum atomic E-state index is 12.2. The lowest BCUT2D eigenvalue weighted by Crippen LogP contribution is -2.47. The number of benzene rings is 1. The second-order valence-corrected chi connectivity index (χ2v) is 8.21. The maximum Gasteiger partial charge on any atom is 0.242 e. The molecule has 152 valence electrons. The molecule has 0 spiro atoms. The van der Waals surface area contributed by atoms with Gasteiger partial charge >= 0.3 is 0 Å². The number of aryl methyl sites for hydroxylation is 1. The van der Waals surface area contributed by atoms with E-state index in [1.807, 2.05) is 0 Å². The van der Waals surface area contributed by atoms with Crippen molar-refractivity contribution >= 4 is 40.0 Å². The van der Waals surface area contributed by atoms with Crippen LogP contribution < -0.4 is 15.4 Å². The Kier molecular flexibility index (Phi) is 8.64. The largest absolute Gasteiger partial charge is 0.355 e. The lowest BCUT2D eigenvalue weighted by molar-refractivity contribution is 0.520. The standard InChI is InChI=1S/C19H25N5O2S.HI/c1-20-19(24-17-9-8-15-5-2-3-6-16(15)13-17)22-11-12-23-27(25,26)18-7-4-10-21-14-18;/h2-7,10,14,17,23H,8-9,11-13H2,1H3,(H2,20,22,24);1H. The van der Waals surface area contributed by atoms with Crippen LogP contribution in [0.4, 0.5) is 0 Å². The third-order valence-electron chi connectivity index (χ3n) is 4.57. The first-order chi connectivity index (χ1) is 13.1. The fourth-order valence-electron chi connectivity index (χ4n) is 3.16. The number of nitrogens with zero attached hydrogens (tertiary/aromatic N) is 2.